The maximum absolute atomic E-state index is 13.4. The number of likely N-dealkylation sites (N-methyl/N-ethyl adjacent to an activating group) is 1. The number of methoxy groups -OCH3 is 2. The van der Waals surface area contributed by atoms with E-state index in [1.165, 1.54) is 0 Å². The van der Waals surface area contributed by atoms with Gasteiger partial charge in [-0.05, 0) is 56.3 Å². The lowest BCUT2D eigenvalue weighted by molar-refractivity contribution is 0.174. The van der Waals surface area contributed by atoms with Crippen molar-refractivity contribution in [1.82, 2.24) is 14.8 Å². The highest BCUT2D eigenvalue weighted by Crippen LogP contribution is 2.31. The fraction of sp³-hybridized carbons (Fsp3) is 0.385. The lowest BCUT2D eigenvalue weighted by Gasteiger charge is -2.30. The Bertz CT molecular complexity index is 1260. The minimum Gasteiger partial charge on any atom is -0.493 e. The molecule has 35 heavy (non-hydrogen) atoms. The third-order valence-electron chi connectivity index (χ3n) is 6.49. The number of rotatable bonds is 8. The van der Waals surface area contributed by atoms with E-state index in [1.807, 2.05) is 12.1 Å². The zero-order chi connectivity index (χ0) is 24.9. The topological polar surface area (TPSA) is 86.9 Å². The summed E-state index contributed by atoms with van der Waals surface area (Å²) in [5.41, 5.74) is 1.49. The first-order valence-electron chi connectivity index (χ1n) is 11.7. The zero-order valence-corrected chi connectivity index (χ0v) is 21.0. The van der Waals surface area contributed by atoms with Gasteiger partial charge >= 0.3 is 6.03 Å². The number of pyridine rings is 1. The Balaban J connectivity index is 1.65. The first kappa shape index (κ1) is 24.9. The van der Waals surface area contributed by atoms with Crippen molar-refractivity contribution in [1.29, 1.82) is 0 Å². The largest absolute Gasteiger partial charge is 0.493 e. The molecule has 1 aliphatic rings. The maximum Gasteiger partial charge on any atom is 0.322 e. The quantitative estimate of drug-likeness (QED) is 0.469. The van der Waals surface area contributed by atoms with E-state index in [4.69, 9.17) is 21.1 Å². The molecule has 4 rings (SSSR count). The number of anilines is 1. The number of nitrogens with one attached hydrogen (secondary N) is 2. The van der Waals surface area contributed by atoms with Crippen LogP contribution in [0.5, 0.6) is 11.5 Å². The second-order valence-corrected chi connectivity index (χ2v) is 9.10. The van der Waals surface area contributed by atoms with Crippen LogP contribution in [0.1, 0.15) is 25.3 Å². The highest BCUT2D eigenvalue weighted by Gasteiger charge is 2.28. The third kappa shape index (κ3) is 5.71. The van der Waals surface area contributed by atoms with Gasteiger partial charge in [0.1, 0.15) is 0 Å². The van der Waals surface area contributed by atoms with E-state index in [0.717, 1.165) is 31.3 Å². The van der Waals surface area contributed by atoms with Crippen molar-refractivity contribution in [3.05, 3.63) is 63.4 Å². The number of ether oxygens (including phenoxy) is 2. The van der Waals surface area contributed by atoms with Crippen molar-refractivity contribution in [2.24, 2.45) is 0 Å². The molecule has 1 fully saturated rings. The molecule has 1 aromatic heterocycles. The Morgan fingerprint density at radius 3 is 2.69 bits per heavy atom. The summed E-state index contributed by atoms with van der Waals surface area (Å²) < 4.78 is 10.8. The molecular weight excluding hydrogens is 468 g/mol. The van der Waals surface area contributed by atoms with Gasteiger partial charge in [0, 0.05) is 40.3 Å². The Morgan fingerprint density at radius 1 is 1.20 bits per heavy atom. The molecule has 0 bridgehead atoms. The predicted molar refractivity (Wildman–Crippen MR) is 139 cm³/mol. The average Bonchev–Trinajstić information content (AvgIpc) is 3.30. The molecule has 3 aromatic rings. The molecule has 2 N–H and O–H groups in total. The number of likely N-dealkylation sites (tertiary alicyclic amines) is 1. The van der Waals surface area contributed by atoms with Crippen LogP contribution in [0, 0.1) is 0 Å². The number of benzene rings is 2. The van der Waals surface area contributed by atoms with Crippen LogP contribution in [0.2, 0.25) is 5.02 Å². The van der Waals surface area contributed by atoms with Gasteiger partial charge in [-0.15, -0.1) is 0 Å². The standard InChI is InChI=1S/C26H31ClN4O4/c1-4-30-10-6-9-21(30)16-31(26(33)28-20-8-5-7-19(27)13-20)15-18-11-17-12-23(34-2)24(35-3)14-22(17)29-25(18)32/h5,7-8,11-14,21H,4,6,9-10,15-16H2,1-3H3,(H,28,33)(H,29,32). The number of carbonyl (C=O) groups is 1. The van der Waals surface area contributed by atoms with Crippen LogP contribution < -0.4 is 20.3 Å². The van der Waals surface area contributed by atoms with E-state index in [9.17, 15) is 9.59 Å². The zero-order valence-electron chi connectivity index (χ0n) is 20.3. The maximum atomic E-state index is 13.4. The number of amides is 2. The van der Waals surface area contributed by atoms with Crippen molar-refractivity contribution in [3.8, 4) is 11.5 Å². The van der Waals surface area contributed by atoms with Crippen molar-refractivity contribution >= 4 is 34.2 Å². The molecule has 0 spiro atoms. The second-order valence-electron chi connectivity index (χ2n) is 8.66. The molecule has 0 aliphatic carbocycles. The number of halogens is 1. The Hall–Kier alpha value is -3.23. The van der Waals surface area contributed by atoms with E-state index >= 15 is 0 Å². The van der Waals surface area contributed by atoms with Gasteiger partial charge in [-0.1, -0.05) is 24.6 Å². The summed E-state index contributed by atoms with van der Waals surface area (Å²) in [4.78, 5) is 33.4. The molecule has 9 heteroatoms. The molecule has 8 nitrogen and oxygen atoms in total. The first-order chi connectivity index (χ1) is 16.9. The molecule has 1 unspecified atom stereocenters. The number of hydrogen-bond donors (Lipinski definition) is 2. The van der Waals surface area contributed by atoms with Gasteiger partial charge in [-0.3, -0.25) is 9.69 Å². The summed E-state index contributed by atoms with van der Waals surface area (Å²) >= 11 is 6.10. The van der Waals surface area contributed by atoms with E-state index < -0.39 is 0 Å². The van der Waals surface area contributed by atoms with E-state index in [1.54, 1.807) is 49.5 Å². The molecule has 2 heterocycles. The number of hydrogen-bond acceptors (Lipinski definition) is 5. The molecule has 2 amide bonds. The van der Waals surface area contributed by atoms with Gasteiger partial charge in [-0.25, -0.2) is 4.79 Å². The highest BCUT2D eigenvalue weighted by atomic mass is 35.5. The first-order valence-corrected chi connectivity index (χ1v) is 12.1. The molecular formula is C26H31ClN4O4. The summed E-state index contributed by atoms with van der Waals surface area (Å²) in [5, 5.41) is 4.27. The van der Waals surface area contributed by atoms with Crippen molar-refractivity contribution in [3.63, 3.8) is 0 Å². The molecule has 186 valence electrons. The lowest BCUT2D eigenvalue weighted by atomic mass is 10.1. The average molecular weight is 499 g/mol. The van der Waals surface area contributed by atoms with E-state index in [2.05, 4.69) is 22.1 Å². The van der Waals surface area contributed by atoms with Crippen molar-refractivity contribution in [2.75, 3.05) is 39.2 Å². The van der Waals surface area contributed by atoms with Crippen LogP contribution in [0.25, 0.3) is 10.9 Å². The minimum absolute atomic E-state index is 0.167. The number of urea groups is 1. The van der Waals surface area contributed by atoms with Crippen molar-refractivity contribution < 1.29 is 14.3 Å². The van der Waals surface area contributed by atoms with Gasteiger partial charge in [-0.2, -0.15) is 0 Å². The lowest BCUT2D eigenvalue weighted by Crippen LogP contribution is -2.45. The number of aromatic nitrogens is 1. The molecule has 1 atom stereocenters. The monoisotopic (exact) mass is 498 g/mol. The summed E-state index contributed by atoms with van der Waals surface area (Å²) in [6.07, 6.45) is 2.11. The summed E-state index contributed by atoms with van der Waals surface area (Å²) in [5.74, 6) is 1.10. The minimum atomic E-state index is -0.276. The van der Waals surface area contributed by atoms with Crippen LogP contribution in [0.4, 0.5) is 10.5 Å². The Labute approximate surface area is 209 Å². The normalized spacial score (nSPS) is 15.8. The van der Waals surface area contributed by atoms with Crippen LogP contribution in [0.3, 0.4) is 0 Å². The van der Waals surface area contributed by atoms with Gasteiger partial charge in [0.25, 0.3) is 5.56 Å². The van der Waals surface area contributed by atoms with Gasteiger partial charge in [0.2, 0.25) is 0 Å². The predicted octanol–water partition coefficient (Wildman–Crippen LogP) is 4.72. The van der Waals surface area contributed by atoms with Gasteiger partial charge < -0.3 is 24.7 Å². The van der Waals surface area contributed by atoms with E-state index in [0.29, 0.717) is 39.8 Å². The fourth-order valence-corrected chi connectivity index (χ4v) is 4.85. The smallest absolute Gasteiger partial charge is 0.322 e. The summed E-state index contributed by atoms with van der Waals surface area (Å²) in [7, 11) is 3.12. The second kappa shape index (κ2) is 11.0. The van der Waals surface area contributed by atoms with Gasteiger partial charge in [0.05, 0.1) is 26.3 Å². The Kier molecular flexibility index (Phi) is 7.83. The van der Waals surface area contributed by atoms with Crippen LogP contribution in [0.15, 0.2) is 47.3 Å². The number of nitrogens with zero attached hydrogens (tertiary/aromatic N) is 2. The van der Waals surface area contributed by atoms with E-state index in [-0.39, 0.29) is 24.2 Å². The summed E-state index contributed by atoms with van der Waals surface area (Å²) in [6.45, 7) is 4.75. The third-order valence-corrected chi connectivity index (χ3v) is 6.72. The van der Waals surface area contributed by atoms with Crippen molar-refractivity contribution in [2.45, 2.75) is 32.4 Å². The highest BCUT2D eigenvalue weighted by molar-refractivity contribution is 6.30. The number of fused-ring (bicyclic) bond motifs is 1. The van der Waals surface area contributed by atoms with Crippen LogP contribution in [-0.4, -0.2) is 60.7 Å². The number of aromatic amines is 1. The van der Waals surface area contributed by atoms with Crippen LogP contribution in [-0.2, 0) is 6.54 Å². The molecule has 0 saturated carbocycles. The molecule has 2 aromatic carbocycles. The summed E-state index contributed by atoms with van der Waals surface area (Å²) in [6, 6.07) is 12.4. The van der Waals surface area contributed by atoms with Crippen LogP contribution >= 0.6 is 11.6 Å². The molecule has 1 saturated heterocycles. The fourth-order valence-electron chi connectivity index (χ4n) is 4.66. The SMILES string of the molecule is CCN1CCCC1CN(Cc1cc2cc(OC)c(OC)cc2[nH]c1=O)C(=O)Nc1cccc(Cl)c1. The molecule has 0 radical (unpaired) electrons. The molecule has 1 aliphatic heterocycles. The number of carbonyl (C=O) groups excluding carboxylic acids is 1. The number of H-pyrrole nitrogens is 1. The Morgan fingerprint density at radius 2 is 1.97 bits per heavy atom. The van der Waals surface area contributed by atoms with Gasteiger partial charge in [0.15, 0.2) is 11.5 Å².